The second-order valence-corrected chi connectivity index (χ2v) is 8.94. The predicted octanol–water partition coefficient (Wildman–Crippen LogP) is 2.56. The summed E-state index contributed by atoms with van der Waals surface area (Å²) in [6.45, 7) is 4.95. The molecule has 3 heterocycles. The van der Waals surface area contributed by atoms with Crippen LogP contribution in [0, 0.1) is 0 Å². The zero-order valence-electron chi connectivity index (χ0n) is 15.5. The maximum atomic E-state index is 13.2. The largest absolute Gasteiger partial charge is 0.336 e. The van der Waals surface area contributed by atoms with Crippen molar-refractivity contribution < 1.29 is 9.59 Å². The lowest BCUT2D eigenvalue weighted by atomic mass is 10.1. The molecule has 4 rings (SSSR count). The lowest BCUT2D eigenvalue weighted by Gasteiger charge is -2.13. The highest BCUT2D eigenvalue weighted by Crippen LogP contribution is 2.34. The fourth-order valence-corrected chi connectivity index (χ4v) is 5.90. The first-order chi connectivity index (χ1) is 13.6. The van der Waals surface area contributed by atoms with Gasteiger partial charge in [-0.3, -0.25) is 19.1 Å². The maximum absolute atomic E-state index is 13.2. The van der Waals surface area contributed by atoms with Crippen LogP contribution in [0.25, 0.3) is 10.2 Å². The van der Waals surface area contributed by atoms with E-state index in [9.17, 15) is 14.4 Å². The third-order valence-corrected chi connectivity index (χ3v) is 7.23. The first-order valence-electron chi connectivity index (χ1n) is 9.47. The van der Waals surface area contributed by atoms with Crippen LogP contribution in [0.2, 0.25) is 0 Å². The molecule has 2 aliphatic rings. The van der Waals surface area contributed by atoms with Gasteiger partial charge in [0.25, 0.3) is 5.56 Å². The third kappa shape index (κ3) is 3.48. The van der Waals surface area contributed by atoms with Gasteiger partial charge in [-0.15, -0.1) is 17.9 Å². The zero-order valence-corrected chi connectivity index (χ0v) is 17.2. The van der Waals surface area contributed by atoms with Crippen molar-refractivity contribution in [3.05, 3.63) is 33.4 Å². The molecule has 0 saturated carbocycles. The molecule has 2 aromatic rings. The van der Waals surface area contributed by atoms with Crippen molar-refractivity contribution in [2.75, 3.05) is 18.8 Å². The fourth-order valence-electron chi connectivity index (χ4n) is 3.71. The van der Waals surface area contributed by atoms with E-state index in [0.29, 0.717) is 24.8 Å². The lowest BCUT2D eigenvalue weighted by Crippen LogP contribution is -2.35. The molecule has 1 aliphatic heterocycles. The number of thioether (sulfide) groups is 1. The minimum atomic E-state index is -0.362. The highest BCUT2D eigenvalue weighted by molar-refractivity contribution is 7.99. The lowest BCUT2D eigenvalue weighted by molar-refractivity contribution is -0.124. The molecule has 0 bridgehead atoms. The highest BCUT2D eigenvalue weighted by Gasteiger charge is 2.27. The van der Waals surface area contributed by atoms with Crippen molar-refractivity contribution in [3.8, 4) is 0 Å². The molecular weight excluding hydrogens is 396 g/mol. The molecule has 9 heteroatoms. The van der Waals surface area contributed by atoms with Gasteiger partial charge in [0.1, 0.15) is 4.83 Å². The minimum absolute atomic E-state index is 0.0573. The van der Waals surface area contributed by atoms with Crippen molar-refractivity contribution in [1.82, 2.24) is 19.8 Å². The number of carbonyl (C=O) groups excluding carboxylic acids is 2. The van der Waals surface area contributed by atoms with E-state index in [4.69, 9.17) is 4.98 Å². The number of rotatable bonds is 5. The Bertz CT molecular complexity index is 1010. The summed E-state index contributed by atoms with van der Waals surface area (Å²) in [5.74, 6) is -0.213. The smallest absolute Gasteiger partial charge is 0.324 e. The molecule has 0 atom stereocenters. The van der Waals surface area contributed by atoms with Crippen LogP contribution in [0.3, 0.4) is 0 Å². The van der Waals surface area contributed by atoms with E-state index < -0.39 is 0 Å². The topological polar surface area (TPSA) is 84.3 Å². The molecule has 1 saturated heterocycles. The second kappa shape index (κ2) is 8.08. The average molecular weight is 419 g/mol. The SMILES string of the molecule is C=CCn1c(SCC(=O)N2CCNC2=O)nc2sc3c(c2c1=O)CCCCC3. The number of aryl methyl sites for hydroxylation is 2. The number of imide groups is 1. The van der Waals surface area contributed by atoms with E-state index in [0.717, 1.165) is 41.5 Å². The number of allylic oxidation sites excluding steroid dienone is 1. The number of hydrogen-bond donors (Lipinski definition) is 1. The zero-order chi connectivity index (χ0) is 19.7. The van der Waals surface area contributed by atoms with Crippen LogP contribution in [-0.4, -0.2) is 45.2 Å². The molecule has 0 unspecified atom stereocenters. The Kier molecular flexibility index (Phi) is 5.54. The molecule has 1 aliphatic carbocycles. The fraction of sp³-hybridized carbons (Fsp3) is 0.474. The molecule has 7 nitrogen and oxygen atoms in total. The number of thiophene rings is 1. The van der Waals surface area contributed by atoms with Gasteiger partial charge in [0.05, 0.1) is 11.1 Å². The first-order valence-corrected chi connectivity index (χ1v) is 11.3. The van der Waals surface area contributed by atoms with Crippen LogP contribution < -0.4 is 10.9 Å². The van der Waals surface area contributed by atoms with Gasteiger partial charge in [-0.2, -0.15) is 0 Å². The Morgan fingerprint density at radius 2 is 2.11 bits per heavy atom. The van der Waals surface area contributed by atoms with E-state index in [1.54, 1.807) is 22.0 Å². The van der Waals surface area contributed by atoms with Crippen molar-refractivity contribution >= 4 is 45.3 Å². The summed E-state index contributed by atoms with van der Waals surface area (Å²) in [5.41, 5.74) is 1.10. The van der Waals surface area contributed by atoms with Crippen LogP contribution >= 0.6 is 23.1 Å². The van der Waals surface area contributed by atoms with Crippen molar-refractivity contribution in [2.24, 2.45) is 0 Å². The normalized spacial score (nSPS) is 16.7. The van der Waals surface area contributed by atoms with Gasteiger partial charge < -0.3 is 5.32 Å². The van der Waals surface area contributed by atoms with Gasteiger partial charge in [0, 0.05) is 24.5 Å². The number of hydrogen-bond acceptors (Lipinski definition) is 6. The molecule has 0 aromatic carbocycles. The molecule has 0 radical (unpaired) electrons. The van der Waals surface area contributed by atoms with Gasteiger partial charge in [-0.05, 0) is 31.2 Å². The summed E-state index contributed by atoms with van der Waals surface area (Å²) in [5, 5.41) is 3.86. The molecule has 2 aromatic heterocycles. The van der Waals surface area contributed by atoms with E-state index in [1.165, 1.54) is 28.0 Å². The average Bonchev–Trinajstić information content (AvgIpc) is 3.18. The minimum Gasteiger partial charge on any atom is -0.336 e. The summed E-state index contributed by atoms with van der Waals surface area (Å²) in [7, 11) is 0. The van der Waals surface area contributed by atoms with Gasteiger partial charge in [0.2, 0.25) is 5.91 Å². The van der Waals surface area contributed by atoms with Gasteiger partial charge in [0.15, 0.2) is 5.16 Å². The van der Waals surface area contributed by atoms with Crippen molar-refractivity contribution in [1.29, 1.82) is 0 Å². The summed E-state index contributed by atoms with van der Waals surface area (Å²) < 4.78 is 1.59. The quantitative estimate of drug-likeness (QED) is 0.349. The Labute approximate surface area is 170 Å². The molecular formula is C19H22N4O3S2. The highest BCUT2D eigenvalue weighted by atomic mass is 32.2. The van der Waals surface area contributed by atoms with Crippen LogP contribution in [-0.2, 0) is 24.2 Å². The molecule has 148 valence electrons. The van der Waals surface area contributed by atoms with E-state index in [-0.39, 0.29) is 23.3 Å². The standard InChI is InChI=1S/C19H22N4O3S2/c1-2-9-23-17(25)15-12-6-4-3-5-7-13(12)28-16(15)21-19(23)27-11-14(24)22-10-8-20-18(22)26/h2H,1,3-11H2,(H,20,26). The number of amides is 3. The summed E-state index contributed by atoms with van der Waals surface area (Å²) >= 11 is 2.81. The second-order valence-electron chi connectivity index (χ2n) is 6.91. The molecule has 28 heavy (non-hydrogen) atoms. The van der Waals surface area contributed by atoms with E-state index in [2.05, 4.69) is 11.9 Å². The molecule has 1 fully saturated rings. The molecule has 0 spiro atoms. The third-order valence-electron chi connectivity index (χ3n) is 5.08. The number of nitrogens with zero attached hydrogens (tertiary/aromatic N) is 3. The summed E-state index contributed by atoms with van der Waals surface area (Å²) in [4.78, 5) is 45.2. The van der Waals surface area contributed by atoms with Crippen molar-refractivity contribution in [2.45, 2.75) is 43.8 Å². The van der Waals surface area contributed by atoms with E-state index >= 15 is 0 Å². The van der Waals surface area contributed by atoms with Gasteiger partial charge in [-0.25, -0.2) is 9.78 Å². The Morgan fingerprint density at radius 3 is 2.86 bits per heavy atom. The van der Waals surface area contributed by atoms with Crippen LogP contribution in [0.4, 0.5) is 4.79 Å². The number of urea groups is 1. The summed E-state index contributed by atoms with van der Waals surface area (Å²) in [6, 6.07) is -0.362. The van der Waals surface area contributed by atoms with E-state index in [1.807, 2.05) is 0 Å². The van der Waals surface area contributed by atoms with Crippen molar-refractivity contribution in [3.63, 3.8) is 0 Å². The monoisotopic (exact) mass is 418 g/mol. The Balaban J connectivity index is 1.68. The summed E-state index contributed by atoms with van der Waals surface area (Å²) in [6.07, 6.45) is 7.03. The number of carbonyl (C=O) groups is 2. The van der Waals surface area contributed by atoms with Gasteiger partial charge >= 0.3 is 6.03 Å². The molecule has 3 amide bonds. The van der Waals surface area contributed by atoms with Crippen LogP contribution in [0.15, 0.2) is 22.6 Å². The number of fused-ring (bicyclic) bond motifs is 3. The van der Waals surface area contributed by atoms with Crippen LogP contribution in [0.1, 0.15) is 29.7 Å². The maximum Gasteiger partial charge on any atom is 0.324 e. The Hall–Kier alpha value is -2.13. The predicted molar refractivity (Wildman–Crippen MR) is 111 cm³/mol. The van der Waals surface area contributed by atoms with Crippen LogP contribution in [0.5, 0.6) is 0 Å². The number of nitrogens with one attached hydrogen (secondary N) is 1. The van der Waals surface area contributed by atoms with Gasteiger partial charge in [-0.1, -0.05) is 24.3 Å². The first kappa shape index (κ1) is 19.2. The molecule has 1 N–H and O–H groups in total. The number of aromatic nitrogens is 2. The Morgan fingerprint density at radius 1 is 1.29 bits per heavy atom.